The summed E-state index contributed by atoms with van der Waals surface area (Å²) >= 11 is 11.1. The van der Waals surface area contributed by atoms with Crippen molar-refractivity contribution in [2.75, 3.05) is 12.4 Å². The van der Waals surface area contributed by atoms with E-state index < -0.39 is 0 Å². The van der Waals surface area contributed by atoms with Crippen molar-refractivity contribution in [3.8, 4) is 5.75 Å². The first-order valence-corrected chi connectivity index (χ1v) is 4.89. The van der Waals surface area contributed by atoms with Crippen LogP contribution in [0.2, 0.25) is 5.02 Å². The number of halogens is 2. The molecule has 76 valence electrons. The van der Waals surface area contributed by atoms with Crippen LogP contribution in [-0.4, -0.2) is 23.4 Å². The van der Waals surface area contributed by atoms with Gasteiger partial charge in [-0.1, -0.05) is 11.6 Å². The smallest absolute Gasteiger partial charge is 0.255 e. The van der Waals surface area contributed by atoms with E-state index in [2.05, 4.69) is 5.32 Å². The molecule has 1 aromatic rings. The number of alkyl halides is 1. The molecule has 0 radical (unpaired) electrons. The van der Waals surface area contributed by atoms with Crippen LogP contribution in [0.3, 0.4) is 0 Å². The summed E-state index contributed by atoms with van der Waals surface area (Å²) in [6.45, 7) is 0.354. The minimum atomic E-state index is -0.384. The van der Waals surface area contributed by atoms with Crippen molar-refractivity contribution >= 4 is 29.1 Å². The van der Waals surface area contributed by atoms with Crippen LogP contribution < -0.4 is 5.32 Å². The fraction of sp³-hybridized carbons (Fsp3) is 0.222. The molecule has 0 saturated heterocycles. The van der Waals surface area contributed by atoms with Gasteiger partial charge in [0.2, 0.25) is 0 Å². The zero-order valence-corrected chi connectivity index (χ0v) is 8.77. The second-order valence-corrected chi connectivity index (χ2v) is 3.42. The van der Waals surface area contributed by atoms with Crippen molar-refractivity contribution < 1.29 is 9.90 Å². The number of nitrogens with one attached hydrogen (secondary N) is 1. The Labute approximate surface area is 91.6 Å². The summed E-state index contributed by atoms with van der Waals surface area (Å²) < 4.78 is 0. The summed E-state index contributed by atoms with van der Waals surface area (Å²) in [5.74, 6) is -0.153. The van der Waals surface area contributed by atoms with Crippen molar-refractivity contribution in [1.82, 2.24) is 5.32 Å². The van der Waals surface area contributed by atoms with E-state index in [-0.39, 0.29) is 17.2 Å². The third kappa shape index (κ3) is 2.79. The van der Waals surface area contributed by atoms with E-state index in [0.717, 1.165) is 0 Å². The first-order chi connectivity index (χ1) is 6.65. The molecule has 1 aromatic carbocycles. The maximum absolute atomic E-state index is 11.4. The zero-order chi connectivity index (χ0) is 10.6. The van der Waals surface area contributed by atoms with Gasteiger partial charge < -0.3 is 10.4 Å². The van der Waals surface area contributed by atoms with E-state index in [1.165, 1.54) is 18.2 Å². The molecule has 0 unspecified atom stereocenters. The molecule has 0 heterocycles. The summed E-state index contributed by atoms with van der Waals surface area (Å²) in [7, 11) is 0. The van der Waals surface area contributed by atoms with Crippen LogP contribution in [0.5, 0.6) is 5.75 Å². The van der Waals surface area contributed by atoms with Crippen molar-refractivity contribution in [3.05, 3.63) is 28.8 Å². The molecule has 0 atom stereocenters. The van der Waals surface area contributed by atoms with Gasteiger partial charge in [0.25, 0.3) is 5.91 Å². The average Bonchev–Trinajstić information content (AvgIpc) is 2.18. The lowest BCUT2D eigenvalue weighted by Crippen LogP contribution is -2.25. The Morgan fingerprint density at radius 3 is 2.86 bits per heavy atom. The average molecular weight is 234 g/mol. The quantitative estimate of drug-likeness (QED) is 0.786. The van der Waals surface area contributed by atoms with Gasteiger partial charge in [-0.25, -0.2) is 0 Å². The first-order valence-electron chi connectivity index (χ1n) is 3.98. The van der Waals surface area contributed by atoms with E-state index >= 15 is 0 Å². The Morgan fingerprint density at radius 2 is 2.21 bits per heavy atom. The van der Waals surface area contributed by atoms with E-state index in [1.54, 1.807) is 0 Å². The van der Waals surface area contributed by atoms with Crippen molar-refractivity contribution in [3.63, 3.8) is 0 Å². The highest BCUT2D eigenvalue weighted by Gasteiger charge is 2.10. The Hall–Kier alpha value is -0.930. The SMILES string of the molecule is O=C(NCCCl)c1cc(Cl)ccc1O. The van der Waals surface area contributed by atoms with Gasteiger partial charge in [-0.2, -0.15) is 0 Å². The van der Waals surface area contributed by atoms with Crippen LogP contribution in [-0.2, 0) is 0 Å². The molecule has 5 heteroatoms. The number of amides is 1. The second kappa shape index (κ2) is 5.08. The fourth-order valence-corrected chi connectivity index (χ4v) is 1.21. The largest absolute Gasteiger partial charge is 0.507 e. The lowest BCUT2D eigenvalue weighted by molar-refractivity contribution is 0.0953. The van der Waals surface area contributed by atoms with Crippen molar-refractivity contribution in [1.29, 1.82) is 0 Å². The Kier molecular flexibility index (Phi) is 4.04. The van der Waals surface area contributed by atoms with Crippen LogP contribution in [0, 0.1) is 0 Å². The standard InChI is InChI=1S/C9H9Cl2NO2/c10-3-4-12-9(14)7-5-6(11)1-2-8(7)13/h1-2,5,13H,3-4H2,(H,12,14). The summed E-state index contributed by atoms with van der Waals surface area (Å²) in [5, 5.41) is 12.3. The van der Waals surface area contributed by atoms with Crippen molar-refractivity contribution in [2.24, 2.45) is 0 Å². The number of carbonyl (C=O) groups excluding carboxylic acids is 1. The Morgan fingerprint density at radius 1 is 1.50 bits per heavy atom. The number of benzene rings is 1. The van der Waals surface area contributed by atoms with Gasteiger partial charge in [0, 0.05) is 17.4 Å². The predicted molar refractivity (Wildman–Crippen MR) is 56.2 cm³/mol. The van der Waals surface area contributed by atoms with Gasteiger partial charge in [-0.05, 0) is 18.2 Å². The Balaban J connectivity index is 2.83. The molecule has 0 aliphatic heterocycles. The monoisotopic (exact) mass is 233 g/mol. The molecule has 3 nitrogen and oxygen atoms in total. The third-order valence-electron chi connectivity index (χ3n) is 1.58. The zero-order valence-electron chi connectivity index (χ0n) is 7.26. The van der Waals surface area contributed by atoms with Gasteiger partial charge in [-0.3, -0.25) is 4.79 Å². The molecule has 2 N–H and O–H groups in total. The molecule has 0 saturated carbocycles. The second-order valence-electron chi connectivity index (χ2n) is 2.61. The number of carbonyl (C=O) groups is 1. The summed E-state index contributed by atoms with van der Waals surface area (Å²) in [5.41, 5.74) is 0.155. The molecular weight excluding hydrogens is 225 g/mol. The topological polar surface area (TPSA) is 49.3 Å². The molecule has 0 aromatic heterocycles. The molecule has 0 aliphatic rings. The predicted octanol–water partition coefficient (Wildman–Crippen LogP) is 2.01. The first kappa shape index (κ1) is 11.1. The minimum Gasteiger partial charge on any atom is -0.507 e. The van der Waals surface area contributed by atoms with Crippen molar-refractivity contribution in [2.45, 2.75) is 0 Å². The van der Waals surface area contributed by atoms with E-state index in [9.17, 15) is 9.90 Å². The highest BCUT2D eigenvalue weighted by Crippen LogP contribution is 2.20. The fourth-order valence-electron chi connectivity index (χ4n) is 0.946. The summed E-state index contributed by atoms with van der Waals surface area (Å²) in [4.78, 5) is 11.4. The highest BCUT2D eigenvalue weighted by molar-refractivity contribution is 6.31. The number of hydrogen-bond acceptors (Lipinski definition) is 2. The lowest BCUT2D eigenvalue weighted by atomic mass is 10.2. The van der Waals surface area contributed by atoms with Crippen LogP contribution >= 0.6 is 23.2 Å². The summed E-state index contributed by atoms with van der Waals surface area (Å²) in [6.07, 6.45) is 0. The molecule has 1 rings (SSSR count). The molecule has 0 aliphatic carbocycles. The number of hydrogen-bond donors (Lipinski definition) is 2. The maximum Gasteiger partial charge on any atom is 0.255 e. The van der Waals surface area contributed by atoms with Crippen LogP contribution in [0.4, 0.5) is 0 Å². The normalized spacial score (nSPS) is 9.86. The van der Waals surface area contributed by atoms with Gasteiger partial charge >= 0.3 is 0 Å². The molecule has 1 amide bonds. The number of phenolic OH excluding ortho intramolecular Hbond substituents is 1. The maximum atomic E-state index is 11.4. The van der Waals surface area contributed by atoms with Gasteiger partial charge in [-0.15, -0.1) is 11.6 Å². The number of rotatable bonds is 3. The number of phenols is 1. The molecule has 14 heavy (non-hydrogen) atoms. The minimum absolute atomic E-state index is 0.0959. The van der Waals surface area contributed by atoms with Gasteiger partial charge in [0.05, 0.1) is 5.56 Å². The Bertz CT molecular complexity index is 342. The third-order valence-corrected chi connectivity index (χ3v) is 2.01. The van der Waals surface area contributed by atoms with E-state index in [0.29, 0.717) is 17.4 Å². The van der Waals surface area contributed by atoms with Gasteiger partial charge in [0.15, 0.2) is 0 Å². The van der Waals surface area contributed by atoms with E-state index in [1.807, 2.05) is 0 Å². The molecule has 0 fully saturated rings. The molecular formula is C9H9Cl2NO2. The molecule has 0 bridgehead atoms. The summed E-state index contributed by atoms with van der Waals surface area (Å²) in [6, 6.07) is 4.29. The van der Waals surface area contributed by atoms with E-state index in [4.69, 9.17) is 23.2 Å². The highest BCUT2D eigenvalue weighted by atomic mass is 35.5. The van der Waals surface area contributed by atoms with Crippen LogP contribution in [0.15, 0.2) is 18.2 Å². The molecule has 0 spiro atoms. The van der Waals surface area contributed by atoms with Crippen LogP contribution in [0.25, 0.3) is 0 Å². The van der Waals surface area contributed by atoms with Crippen LogP contribution in [0.1, 0.15) is 10.4 Å². The lowest BCUT2D eigenvalue weighted by Gasteiger charge is -2.05. The van der Waals surface area contributed by atoms with Gasteiger partial charge in [0.1, 0.15) is 5.75 Å². The number of aromatic hydroxyl groups is 1.